The lowest BCUT2D eigenvalue weighted by molar-refractivity contribution is 0.480. The highest BCUT2D eigenvalue weighted by Gasteiger charge is 2.13. The van der Waals surface area contributed by atoms with Gasteiger partial charge in [0.05, 0.1) is 0 Å². The van der Waals surface area contributed by atoms with Crippen LogP contribution in [0.2, 0.25) is 5.02 Å². The maximum Gasteiger partial charge on any atom is 0.0438 e. The monoisotopic (exact) mass is 253 g/mol. The first-order chi connectivity index (χ1) is 8.20. The predicted molar refractivity (Wildman–Crippen MR) is 76.7 cm³/mol. The molecule has 96 valence electrons. The first-order valence-corrected chi connectivity index (χ1v) is 7.06. The third-order valence-corrected chi connectivity index (χ3v) is 3.58. The molecule has 0 amide bonds. The minimum absolute atomic E-state index is 0.452. The molecule has 0 aliphatic carbocycles. The molecule has 0 heterocycles. The van der Waals surface area contributed by atoms with Crippen LogP contribution in [-0.2, 0) is 0 Å². The summed E-state index contributed by atoms with van der Waals surface area (Å²) in [4.78, 5) is 0. The Morgan fingerprint density at radius 2 is 2.00 bits per heavy atom. The number of hydrogen-bond donors (Lipinski definition) is 1. The van der Waals surface area contributed by atoms with Gasteiger partial charge in [-0.2, -0.15) is 0 Å². The average molecular weight is 254 g/mol. The molecular weight excluding hydrogens is 230 g/mol. The van der Waals surface area contributed by atoms with Crippen LogP contribution in [0.25, 0.3) is 0 Å². The van der Waals surface area contributed by atoms with E-state index in [0.717, 1.165) is 11.6 Å². The Balaban J connectivity index is 2.83. The van der Waals surface area contributed by atoms with Gasteiger partial charge in [-0.1, -0.05) is 50.4 Å². The number of hydrogen-bond acceptors (Lipinski definition) is 1. The molecule has 0 saturated carbocycles. The van der Waals surface area contributed by atoms with Gasteiger partial charge in [-0.25, -0.2) is 0 Å². The zero-order chi connectivity index (χ0) is 12.7. The van der Waals surface area contributed by atoms with E-state index in [1.165, 1.54) is 36.8 Å². The van der Waals surface area contributed by atoms with Gasteiger partial charge in [-0.05, 0) is 43.5 Å². The molecule has 1 aromatic rings. The first kappa shape index (κ1) is 14.5. The highest BCUT2D eigenvalue weighted by Crippen LogP contribution is 2.27. The fourth-order valence-corrected chi connectivity index (χ4v) is 2.28. The molecule has 2 heteroatoms. The predicted octanol–water partition coefficient (Wildman–Crippen LogP) is 4.88. The van der Waals surface area contributed by atoms with E-state index >= 15 is 0 Å². The van der Waals surface area contributed by atoms with Gasteiger partial charge in [0.2, 0.25) is 0 Å². The summed E-state index contributed by atoms with van der Waals surface area (Å²) in [5.41, 5.74) is 2.58. The number of benzene rings is 1. The van der Waals surface area contributed by atoms with Gasteiger partial charge >= 0.3 is 0 Å². The van der Waals surface area contributed by atoms with Crippen LogP contribution in [0.1, 0.15) is 56.7 Å². The van der Waals surface area contributed by atoms with Crippen LogP contribution in [0.5, 0.6) is 0 Å². The smallest absolute Gasteiger partial charge is 0.0438 e. The van der Waals surface area contributed by atoms with Crippen LogP contribution < -0.4 is 5.32 Å². The molecule has 0 aliphatic rings. The van der Waals surface area contributed by atoms with Crippen LogP contribution in [0.4, 0.5) is 0 Å². The molecule has 1 atom stereocenters. The summed E-state index contributed by atoms with van der Waals surface area (Å²) in [6.07, 6.45) is 4.86. The topological polar surface area (TPSA) is 12.0 Å². The van der Waals surface area contributed by atoms with Crippen molar-refractivity contribution in [1.82, 2.24) is 5.32 Å². The van der Waals surface area contributed by atoms with Gasteiger partial charge < -0.3 is 5.32 Å². The minimum Gasteiger partial charge on any atom is -0.310 e. The van der Waals surface area contributed by atoms with Crippen LogP contribution >= 0.6 is 11.6 Å². The van der Waals surface area contributed by atoms with E-state index in [1.807, 2.05) is 6.07 Å². The normalized spacial score (nSPS) is 12.7. The Hall–Kier alpha value is -0.530. The van der Waals surface area contributed by atoms with E-state index in [-0.39, 0.29) is 0 Å². The van der Waals surface area contributed by atoms with Gasteiger partial charge in [-0.3, -0.25) is 0 Å². The van der Waals surface area contributed by atoms with Crippen LogP contribution in [0.15, 0.2) is 18.2 Å². The van der Waals surface area contributed by atoms with E-state index in [4.69, 9.17) is 11.6 Å². The lowest BCUT2D eigenvalue weighted by Gasteiger charge is -2.21. The third kappa shape index (κ3) is 4.33. The molecule has 0 aromatic heterocycles. The molecule has 0 bridgehead atoms. The SMILES string of the molecule is CCCCC(NCCC)c1cccc(Cl)c1C. The van der Waals surface area contributed by atoms with Crippen molar-refractivity contribution in [1.29, 1.82) is 0 Å². The number of nitrogens with one attached hydrogen (secondary N) is 1. The lowest BCUT2D eigenvalue weighted by Crippen LogP contribution is -2.23. The van der Waals surface area contributed by atoms with Crippen molar-refractivity contribution in [2.45, 2.75) is 52.5 Å². The van der Waals surface area contributed by atoms with Gasteiger partial charge in [0.25, 0.3) is 0 Å². The highest BCUT2D eigenvalue weighted by molar-refractivity contribution is 6.31. The molecule has 1 rings (SSSR count). The molecule has 17 heavy (non-hydrogen) atoms. The maximum atomic E-state index is 6.20. The highest BCUT2D eigenvalue weighted by atomic mass is 35.5. The van der Waals surface area contributed by atoms with E-state index in [2.05, 4.69) is 38.2 Å². The largest absolute Gasteiger partial charge is 0.310 e. The van der Waals surface area contributed by atoms with E-state index in [1.54, 1.807) is 0 Å². The summed E-state index contributed by atoms with van der Waals surface area (Å²) in [5, 5.41) is 4.51. The number of halogens is 1. The zero-order valence-electron chi connectivity index (χ0n) is 11.2. The number of unbranched alkanes of at least 4 members (excludes halogenated alkanes) is 1. The van der Waals surface area contributed by atoms with Gasteiger partial charge in [0, 0.05) is 11.1 Å². The molecule has 1 N–H and O–H groups in total. The second-order valence-corrected chi connectivity index (χ2v) is 5.01. The Kier molecular flexibility index (Phi) is 6.61. The van der Waals surface area contributed by atoms with Crippen molar-refractivity contribution in [3.8, 4) is 0 Å². The minimum atomic E-state index is 0.452. The maximum absolute atomic E-state index is 6.20. The Bertz CT molecular complexity index is 328. The van der Waals surface area contributed by atoms with Gasteiger partial charge in [0.1, 0.15) is 0 Å². The summed E-state index contributed by atoms with van der Waals surface area (Å²) >= 11 is 6.20. The quantitative estimate of drug-likeness (QED) is 0.730. The zero-order valence-corrected chi connectivity index (χ0v) is 12.0. The van der Waals surface area contributed by atoms with Crippen molar-refractivity contribution >= 4 is 11.6 Å². The fourth-order valence-electron chi connectivity index (χ4n) is 2.10. The Morgan fingerprint density at radius 3 is 2.65 bits per heavy atom. The molecule has 1 aromatic carbocycles. The first-order valence-electron chi connectivity index (χ1n) is 6.69. The fraction of sp³-hybridized carbons (Fsp3) is 0.600. The molecule has 1 unspecified atom stereocenters. The molecule has 0 radical (unpaired) electrons. The summed E-state index contributed by atoms with van der Waals surface area (Å²) < 4.78 is 0. The molecule has 1 nitrogen and oxygen atoms in total. The Morgan fingerprint density at radius 1 is 1.24 bits per heavy atom. The van der Waals surface area contributed by atoms with E-state index < -0.39 is 0 Å². The van der Waals surface area contributed by atoms with Crippen molar-refractivity contribution in [2.75, 3.05) is 6.54 Å². The van der Waals surface area contributed by atoms with E-state index in [0.29, 0.717) is 6.04 Å². The van der Waals surface area contributed by atoms with Crippen LogP contribution in [0.3, 0.4) is 0 Å². The van der Waals surface area contributed by atoms with Crippen molar-refractivity contribution in [3.05, 3.63) is 34.3 Å². The second-order valence-electron chi connectivity index (χ2n) is 4.60. The van der Waals surface area contributed by atoms with Crippen molar-refractivity contribution in [3.63, 3.8) is 0 Å². The van der Waals surface area contributed by atoms with Crippen LogP contribution in [-0.4, -0.2) is 6.54 Å². The summed E-state index contributed by atoms with van der Waals surface area (Å²) in [6, 6.07) is 6.67. The molecule has 0 spiro atoms. The van der Waals surface area contributed by atoms with Crippen LogP contribution in [0, 0.1) is 6.92 Å². The molecule has 0 saturated heterocycles. The summed E-state index contributed by atoms with van der Waals surface area (Å²) in [6.45, 7) is 7.63. The van der Waals surface area contributed by atoms with Gasteiger partial charge in [0.15, 0.2) is 0 Å². The van der Waals surface area contributed by atoms with Gasteiger partial charge in [-0.15, -0.1) is 0 Å². The Labute approximate surface area is 111 Å². The summed E-state index contributed by atoms with van der Waals surface area (Å²) in [5.74, 6) is 0. The van der Waals surface area contributed by atoms with Crippen molar-refractivity contribution < 1.29 is 0 Å². The average Bonchev–Trinajstić information content (AvgIpc) is 2.34. The molecule has 0 aliphatic heterocycles. The molecule has 0 fully saturated rings. The second kappa shape index (κ2) is 7.73. The lowest BCUT2D eigenvalue weighted by atomic mass is 9.97. The molecular formula is C15H24ClN. The third-order valence-electron chi connectivity index (χ3n) is 3.17. The van der Waals surface area contributed by atoms with Crippen molar-refractivity contribution in [2.24, 2.45) is 0 Å². The number of rotatable bonds is 7. The van der Waals surface area contributed by atoms with E-state index in [9.17, 15) is 0 Å². The standard InChI is InChI=1S/C15H24ClN/c1-4-6-10-15(17-11-5-2)13-8-7-9-14(16)12(13)3/h7-9,15,17H,4-6,10-11H2,1-3H3. The summed E-state index contributed by atoms with van der Waals surface area (Å²) in [7, 11) is 0.